The first-order valence-electron chi connectivity index (χ1n) is 9.74. The highest BCUT2D eigenvalue weighted by Gasteiger charge is 2.32. The van der Waals surface area contributed by atoms with E-state index in [1.165, 1.54) is 18.0 Å². The first kappa shape index (κ1) is 19.6. The molecule has 2 atom stereocenters. The molecule has 3 aromatic rings. The Morgan fingerprint density at radius 3 is 2.69 bits per heavy atom. The minimum atomic E-state index is -4.40. The number of benzene rings is 1. The molecule has 0 spiro atoms. The van der Waals surface area contributed by atoms with Gasteiger partial charge in [-0.1, -0.05) is 19.1 Å². The molecular weight excluding hydrogens is 377 g/mol. The van der Waals surface area contributed by atoms with Crippen LogP contribution >= 0.6 is 0 Å². The number of halogens is 3. The molecule has 1 aliphatic heterocycles. The summed E-state index contributed by atoms with van der Waals surface area (Å²) in [7, 11) is 0. The van der Waals surface area contributed by atoms with E-state index >= 15 is 0 Å². The average molecular weight is 400 g/mol. The predicted octanol–water partition coefficient (Wildman–Crippen LogP) is 4.65. The number of aromatic nitrogens is 2. The van der Waals surface area contributed by atoms with Crippen LogP contribution in [-0.4, -0.2) is 29.1 Å². The fourth-order valence-electron chi connectivity index (χ4n) is 4.02. The van der Waals surface area contributed by atoms with Gasteiger partial charge in [0.2, 0.25) is 0 Å². The quantitative estimate of drug-likeness (QED) is 0.692. The zero-order valence-electron chi connectivity index (χ0n) is 16.2. The fraction of sp³-hybridized carbons (Fsp3) is 0.364. The molecule has 0 aliphatic carbocycles. The average Bonchev–Trinajstić information content (AvgIpc) is 2.71. The molecule has 1 N–H and O–H groups in total. The molecule has 0 bridgehead atoms. The van der Waals surface area contributed by atoms with Gasteiger partial charge in [0.15, 0.2) is 0 Å². The summed E-state index contributed by atoms with van der Waals surface area (Å²) in [5.41, 5.74) is 2.04. The molecule has 0 unspecified atom stereocenters. The lowest BCUT2D eigenvalue weighted by atomic mass is 9.94. The molecule has 152 valence electrons. The number of anilines is 1. The number of rotatable bonds is 4. The molecule has 4 rings (SSSR count). The Kier molecular flexibility index (Phi) is 5.41. The number of fused-ring (bicyclic) bond motifs is 1. The van der Waals surface area contributed by atoms with Crippen molar-refractivity contribution in [3.8, 4) is 0 Å². The van der Waals surface area contributed by atoms with Crippen LogP contribution in [0.5, 0.6) is 0 Å². The van der Waals surface area contributed by atoms with Crippen molar-refractivity contribution in [3.05, 3.63) is 66.1 Å². The molecule has 1 aromatic carbocycles. The number of alkyl halides is 3. The third kappa shape index (κ3) is 4.50. The maximum absolute atomic E-state index is 12.7. The lowest BCUT2D eigenvalue weighted by Crippen LogP contribution is -2.48. The summed E-state index contributed by atoms with van der Waals surface area (Å²) in [5.74, 6) is 0.499. The first-order valence-corrected chi connectivity index (χ1v) is 9.74. The Labute approximate surface area is 167 Å². The van der Waals surface area contributed by atoms with Crippen LogP contribution in [0.15, 0.2) is 54.9 Å². The normalized spacial score (nSPS) is 20.2. The lowest BCUT2D eigenvalue weighted by molar-refractivity contribution is -0.141. The van der Waals surface area contributed by atoms with E-state index in [9.17, 15) is 13.2 Å². The second kappa shape index (κ2) is 7.99. The van der Waals surface area contributed by atoms with Crippen molar-refractivity contribution in [1.29, 1.82) is 0 Å². The third-order valence-corrected chi connectivity index (χ3v) is 5.33. The first-order chi connectivity index (χ1) is 13.9. The standard InChI is InChI=1S/C22H23F3N4/c1-15-10-17(27-11-16-7-8-21(28-12-16)22(23,24)25)14-29(13-15)20-6-2-5-19-18(20)4-3-9-26-19/h2-9,12,15,17,27H,10-11,13-14H2,1H3/t15-,17+/m0/s1. The van der Waals surface area contributed by atoms with Gasteiger partial charge in [-0.15, -0.1) is 0 Å². The zero-order chi connectivity index (χ0) is 20.4. The van der Waals surface area contributed by atoms with Gasteiger partial charge < -0.3 is 10.2 Å². The van der Waals surface area contributed by atoms with Gasteiger partial charge in [0.1, 0.15) is 5.69 Å². The third-order valence-electron chi connectivity index (χ3n) is 5.33. The van der Waals surface area contributed by atoms with Crippen LogP contribution in [0.4, 0.5) is 18.9 Å². The largest absolute Gasteiger partial charge is 0.433 e. The molecule has 7 heteroatoms. The van der Waals surface area contributed by atoms with Crippen LogP contribution in [0.1, 0.15) is 24.6 Å². The SMILES string of the molecule is C[C@H]1C[C@@H](NCc2ccc(C(F)(F)F)nc2)CN(c2cccc3ncccc23)C1. The highest BCUT2D eigenvalue weighted by atomic mass is 19.4. The molecule has 0 saturated carbocycles. The topological polar surface area (TPSA) is 41.1 Å². The number of hydrogen-bond donors (Lipinski definition) is 1. The maximum Gasteiger partial charge on any atom is 0.433 e. The van der Waals surface area contributed by atoms with Crippen LogP contribution in [-0.2, 0) is 12.7 Å². The molecule has 29 heavy (non-hydrogen) atoms. The van der Waals surface area contributed by atoms with E-state index in [1.54, 1.807) is 6.20 Å². The van der Waals surface area contributed by atoms with E-state index in [0.717, 1.165) is 42.0 Å². The zero-order valence-corrected chi connectivity index (χ0v) is 16.2. The second-order valence-corrected chi connectivity index (χ2v) is 7.72. The Morgan fingerprint density at radius 1 is 1.07 bits per heavy atom. The van der Waals surface area contributed by atoms with E-state index in [1.807, 2.05) is 18.2 Å². The number of hydrogen-bond acceptors (Lipinski definition) is 4. The highest BCUT2D eigenvalue weighted by Crippen LogP contribution is 2.30. The van der Waals surface area contributed by atoms with Crippen molar-refractivity contribution in [2.24, 2.45) is 5.92 Å². The minimum Gasteiger partial charge on any atom is -0.369 e. The number of nitrogens with zero attached hydrogens (tertiary/aromatic N) is 3. The van der Waals surface area contributed by atoms with Gasteiger partial charge in [0.05, 0.1) is 5.52 Å². The van der Waals surface area contributed by atoms with E-state index in [2.05, 4.69) is 39.2 Å². The predicted molar refractivity (Wildman–Crippen MR) is 108 cm³/mol. The summed E-state index contributed by atoms with van der Waals surface area (Å²) in [6.45, 7) is 4.53. The Hall–Kier alpha value is -2.67. The molecule has 1 fully saturated rings. The van der Waals surface area contributed by atoms with Crippen LogP contribution < -0.4 is 10.2 Å². The van der Waals surface area contributed by atoms with Crippen molar-refractivity contribution in [2.75, 3.05) is 18.0 Å². The lowest BCUT2D eigenvalue weighted by Gasteiger charge is -2.39. The molecule has 2 aromatic heterocycles. The monoisotopic (exact) mass is 400 g/mol. The Bertz CT molecular complexity index is 966. The van der Waals surface area contributed by atoms with Crippen molar-refractivity contribution >= 4 is 16.6 Å². The molecule has 3 heterocycles. The number of piperidine rings is 1. The highest BCUT2D eigenvalue weighted by molar-refractivity contribution is 5.91. The van der Waals surface area contributed by atoms with Gasteiger partial charge in [0.25, 0.3) is 0 Å². The smallest absolute Gasteiger partial charge is 0.369 e. The van der Waals surface area contributed by atoms with Crippen molar-refractivity contribution in [3.63, 3.8) is 0 Å². The number of pyridine rings is 2. The second-order valence-electron chi connectivity index (χ2n) is 7.72. The van der Waals surface area contributed by atoms with Crippen molar-refractivity contribution in [2.45, 2.75) is 32.1 Å². The van der Waals surface area contributed by atoms with Crippen LogP contribution in [0.25, 0.3) is 10.9 Å². The van der Waals surface area contributed by atoms with Crippen LogP contribution in [0.2, 0.25) is 0 Å². The summed E-state index contributed by atoms with van der Waals surface area (Å²) in [4.78, 5) is 10.4. The molecule has 0 amide bonds. The van der Waals surface area contributed by atoms with Crippen LogP contribution in [0.3, 0.4) is 0 Å². The van der Waals surface area contributed by atoms with Crippen molar-refractivity contribution < 1.29 is 13.2 Å². The van der Waals surface area contributed by atoms with E-state index in [0.29, 0.717) is 12.5 Å². The fourth-order valence-corrected chi connectivity index (χ4v) is 4.02. The van der Waals surface area contributed by atoms with Gasteiger partial charge in [0, 0.05) is 49.1 Å². The van der Waals surface area contributed by atoms with E-state index in [-0.39, 0.29) is 6.04 Å². The maximum atomic E-state index is 12.7. The molecule has 0 radical (unpaired) electrons. The van der Waals surface area contributed by atoms with E-state index in [4.69, 9.17) is 0 Å². The Balaban J connectivity index is 1.45. The molecule has 4 nitrogen and oxygen atoms in total. The summed E-state index contributed by atoms with van der Waals surface area (Å²) >= 11 is 0. The summed E-state index contributed by atoms with van der Waals surface area (Å²) in [5, 5.41) is 4.63. The summed E-state index contributed by atoms with van der Waals surface area (Å²) < 4.78 is 38.0. The molecular formula is C22H23F3N4. The minimum absolute atomic E-state index is 0.243. The van der Waals surface area contributed by atoms with Crippen LogP contribution in [0, 0.1) is 5.92 Å². The van der Waals surface area contributed by atoms with Gasteiger partial charge in [-0.25, -0.2) is 0 Å². The van der Waals surface area contributed by atoms with Gasteiger partial charge in [-0.3, -0.25) is 9.97 Å². The molecule has 1 saturated heterocycles. The van der Waals surface area contributed by atoms with Gasteiger partial charge in [-0.2, -0.15) is 13.2 Å². The van der Waals surface area contributed by atoms with E-state index < -0.39 is 11.9 Å². The van der Waals surface area contributed by atoms with Gasteiger partial charge in [-0.05, 0) is 48.2 Å². The van der Waals surface area contributed by atoms with Crippen molar-refractivity contribution in [1.82, 2.24) is 15.3 Å². The van der Waals surface area contributed by atoms with Gasteiger partial charge >= 0.3 is 6.18 Å². The Morgan fingerprint density at radius 2 is 1.93 bits per heavy atom. The summed E-state index contributed by atoms with van der Waals surface area (Å²) in [6.07, 6.45) is -0.282. The molecule has 1 aliphatic rings. The number of nitrogens with one attached hydrogen (secondary N) is 1. The summed E-state index contributed by atoms with van der Waals surface area (Å²) in [6, 6.07) is 13.0.